The van der Waals surface area contributed by atoms with Gasteiger partial charge in [0.05, 0.1) is 11.4 Å². The first kappa shape index (κ1) is 14.8. The molecule has 0 fully saturated rings. The molecule has 3 aromatic carbocycles. The highest BCUT2D eigenvalue weighted by Gasteiger charge is 2.07. The second-order valence-electron chi connectivity index (χ2n) is 4.81. The van der Waals surface area contributed by atoms with Crippen LogP contribution < -0.4 is 0 Å². The number of benzene rings is 3. The first-order chi connectivity index (χ1) is 10.7. The molecule has 0 amide bonds. The molecule has 108 valence electrons. The highest BCUT2D eigenvalue weighted by atomic mass is 35.5. The maximum Gasteiger partial charge on any atom is 0.0781 e. The van der Waals surface area contributed by atoms with E-state index in [0.717, 1.165) is 22.5 Å². The van der Waals surface area contributed by atoms with Crippen molar-refractivity contribution in [3.63, 3.8) is 0 Å². The summed E-state index contributed by atoms with van der Waals surface area (Å²) in [5.74, 6) is 0. The Balaban J connectivity index is 2.11. The summed E-state index contributed by atoms with van der Waals surface area (Å²) in [4.78, 5) is 4.79. The summed E-state index contributed by atoms with van der Waals surface area (Å²) in [7, 11) is 0. The van der Waals surface area contributed by atoms with Crippen LogP contribution in [0.4, 0.5) is 5.69 Å². The van der Waals surface area contributed by atoms with E-state index >= 15 is 0 Å². The summed E-state index contributed by atoms with van der Waals surface area (Å²) in [6.07, 6.45) is 0. The second-order valence-corrected chi connectivity index (χ2v) is 5.68. The van der Waals surface area contributed by atoms with Gasteiger partial charge < -0.3 is 0 Å². The molecule has 0 aliphatic rings. The van der Waals surface area contributed by atoms with Crippen molar-refractivity contribution < 1.29 is 0 Å². The van der Waals surface area contributed by atoms with Crippen LogP contribution in [0.2, 0.25) is 10.0 Å². The van der Waals surface area contributed by atoms with Gasteiger partial charge in [-0.1, -0.05) is 65.7 Å². The van der Waals surface area contributed by atoms with Crippen molar-refractivity contribution >= 4 is 34.6 Å². The van der Waals surface area contributed by atoms with Crippen LogP contribution in [0.25, 0.3) is 0 Å². The van der Waals surface area contributed by atoms with Gasteiger partial charge in [-0.3, -0.25) is 0 Å². The molecule has 0 unspecified atom stereocenters. The fourth-order valence-electron chi connectivity index (χ4n) is 2.14. The van der Waals surface area contributed by atoms with E-state index in [1.54, 1.807) is 0 Å². The smallest absolute Gasteiger partial charge is 0.0781 e. The van der Waals surface area contributed by atoms with Crippen molar-refractivity contribution in [2.45, 2.75) is 0 Å². The summed E-state index contributed by atoms with van der Waals surface area (Å²) in [6.45, 7) is 0. The van der Waals surface area contributed by atoms with E-state index in [0.29, 0.717) is 10.0 Å². The molecule has 3 heteroatoms. The van der Waals surface area contributed by atoms with Crippen LogP contribution in [0.1, 0.15) is 11.1 Å². The highest BCUT2D eigenvalue weighted by Crippen LogP contribution is 2.20. The van der Waals surface area contributed by atoms with Gasteiger partial charge in [-0.05, 0) is 36.4 Å². The predicted molar refractivity (Wildman–Crippen MR) is 94.6 cm³/mol. The first-order valence-corrected chi connectivity index (χ1v) is 7.63. The lowest BCUT2D eigenvalue weighted by atomic mass is 10.0. The molecule has 0 radical (unpaired) electrons. The molecule has 0 spiro atoms. The molecule has 0 aromatic heterocycles. The molecular formula is C19H13Cl2N. The fourth-order valence-corrected chi connectivity index (χ4v) is 2.39. The number of nitrogens with zero attached hydrogens (tertiary/aromatic N) is 1. The zero-order valence-corrected chi connectivity index (χ0v) is 13.2. The summed E-state index contributed by atoms with van der Waals surface area (Å²) in [6, 6.07) is 25.2. The Morgan fingerprint density at radius 2 is 1.05 bits per heavy atom. The third-order valence-electron chi connectivity index (χ3n) is 3.23. The minimum Gasteiger partial charge on any atom is -0.248 e. The Bertz CT molecular complexity index is 728. The van der Waals surface area contributed by atoms with E-state index in [9.17, 15) is 0 Å². The molecule has 0 N–H and O–H groups in total. The molecule has 3 aromatic rings. The zero-order valence-electron chi connectivity index (χ0n) is 11.7. The third kappa shape index (κ3) is 3.56. The summed E-state index contributed by atoms with van der Waals surface area (Å²) in [5.41, 5.74) is 3.81. The summed E-state index contributed by atoms with van der Waals surface area (Å²) >= 11 is 12.0. The number of hydrogen-bond donors (Lipinski definition) is 0. The largest absolute Gasteiger partial charge is 0.248 e. The topological polar surface area (TPSA) is 12.4 Å². The molecule has 0 saturated heterocycles. The highest BCUT2D eigenvalue weighted by molar-refractivity contribution is 6.31. The number of para-hydroxylation sites is 1. The van der Waals surface area contributed by atoms with Crippen molar-refractivity contribution in [2.24, 2.45) is 4.99 Å². The summed E-state index contributed by atoms with van der Waals surface area (Å²) < 4.78 is 0. The standard InChI is InChI=1S/C19H13Cl2N/c20-16-10-6-14(7-11-16)19(15-8-12-17(21)13-9-15)22-18-4-2-1-3-5-18/h1-13H. The molecule has 0 aliphatic carbocycles. The van der Waals surface area contributed by atoms with Crippen LogP contribution in [0, 0.1) is 0 Å². The molecule has 0 saturated carbocycles. The minimum absolute atomic E-state index is 0.707. The van der Waals surface area contributed by atoms with Gasteiger partial charge in [0.2, 0.25) is 0 Å². The Hall–Kier alpha value is -2.09. The Kier molecular flexibility index (Phi) is 4.57. The lowest BCUT2D eigenvalue weighted by molar-refractivity contribution is 1.47. The monoisotopic (exact) mass is 325 g/mol. The van der Waals surface area contributed by atoms with Gasteiger partial charge in [0, 0.05) is 21.2 Å². The Morgan fingerprint density at radius 1 is 0.591 bits per heavy atom. The molecule has 1 nitrogen and oxygen atoms in total. The second kappa shape index (κ2) is 6.78. The van der Waals surface area contributed by atoms with Gasteiger partial charge in [-0.15, -0.1) is 0 Å². The van der Waals surface area contributed by atoms with Crippen molar-refractivity contribution in [3.05, 3.63) is 100 Å². The average molecular weight is 326 g/mol. The van der Waals surface area contributed by atoms with Crippen LogP contribution in [0.3, 0.4) is 0 Å². The van der Waals surface area contributed by atoms with E-state index < -0.39 is 0 Å². The van der Waals surface area contributed by atoms with Crippen LogP contribution in [-0.4, -0.2) is 5.71 Å². The van der Waals surface area contributed by atoms with Crippen LogP contribution in [0.15, 0.2) is 83.9 Å². The van der Waals surface area contributed by atoms with Gasteiger partial charge in [0.15, 0.2) is 0 Å². The number of rotatable bonds is 3. The number of hydrogen-bond acceptors (Lipinski definition) is 1. The van der Waals surface area contributed by atoms with Gasteiger partial charge in [0.25, 0.3) is 0 Å². The van der Waals surface area contributed by atoms with Crippen molar-refractivity contribution in [1.82, 2.24) is 0 Å². The van der Waals surface area contributed by atoms with Crippen LogP contribution >= 0.6 is 23.2 Å². The zero-order chi connectivity index (χ0) is 15.4. The normalized spacial score (nSPS) is 10.3. The SMILES string of the molecule is Clc1ccc(C(=Nc2ccccc2)c2ccc(Cl)cc2)cc1. The van der Waals surface area contributed by atoms with Gasteiger partial charge in [-0.25, -0.2) is 4.99 Å². The maximum atomic E-state index is 5.99. The van der Waals surface area contributed by atoms with Crippen LogP contribution in [0.5, 0.6) is 0 Å². The molecule has 0 atom stereocenters. The van der Waals surface area contributed by atoms with Crippen LogP contribution in [-0.2, 0) is 0 Å². The minimum atomic E-state index is 0.707. The molecule has 0 bridgehead atoms. The third-order valence-corrected chi connectivity index (χ3v) is 3.74. The Morgan fingerprint density at radius 3 is 1.50 bits per heavy atom. The number of aliphatic imine (C=N–C) groups is 1. The predicted octanol–water partition coefficient (Wildman–Crippen LogP) is 6.16. The molecule has 0 aliphatic heterocycles. The van der Waals surface area contributed by atoms with Gasteiger partial charge in [-0.2, -0.15) is 0 Å². The lowest BCUT2D eigenvalue weighted by Crippen LogP contribution is -2.02. The molecular weight excluding hydrogens is 313 g/mol. The molecule has 22 heavy (non-hydrogen) atoms. The van der Waals surface area contributed by atoms with Gasteiger partial charge >= 0.3 is 0 Å². The molecule has 3 rings (SSSR count). The van der Waals surface area contributed by atoms with Crippen molar-refractivity contribution in [1.29, 1.82) is 0 Å². The first-order valence-electron chi connectivity index (χ1n) is 6.88. The maximum absolute atomic E-state index is 5.99. The van der Waals surface area contributed by atoms with Crippen molar-refractivity contribution in [3.8, 4) is 0 Å². The Labute approximate surface area is 139 Å². The fraction of sp³-hybridized carbons (Fsp3) is 0. The van der Waals surface area contributed by atoms with E-state index in [1.165, 1.54) is 0 Å². The average Bonchev–Trinajstić information content (AvgIpc) is 2.56. The lowest BCUT2D eigenvalue weighted by Gasteiger charge is -2.08. The summed E-state index contributed by atoms with van der Waals surface area (Å²) in [5, 5.41) is 1.41. The van der Waals surface area contributed by atoms with Gasteiger partial charge in [0.1, 0.15) is 0 Å². The van der Waals surface area contributed by atoms with E-state index in [4.69, 9.17) is 28.2 Å². The van der Waals surface area contributed by atoms with Crippen molar-refractivity contribution in [2.75, 3.05) is 0 Å². The molecule has 0 heterocycles. The van der Waals surface area contributed by atoms with E-state index in [-0.39, 0.29) is 0 Å². The van der Waals surface area contributed by atoms with E-state index in [2.05, 4.69) is 0 Å². The van der Waals surface area contributed by atoms with E-state index in [1.807, 2.05) is 78.9 Å². The quantitative estimate of drug-likeness (QED) is 0.511. The number of halogens is 2.